The molecule has 0 aromatic carbocycles. The van der Waals surface area contributed by atoms with Crippen molar-refractivity contribution in [2.75, 3.05) is 6.54 Å². The molecule has 2 radical (unpaired) electrons. The Morgan fingerprint density at radius 1 is 1.67 bits per heavy atom. The van der Waals surface area contributed by atoms with Crippen molar-refractivity contribution in [1.29, 1.82) is 0 Å². The van der Waals surface area contributed by atoms with Crippen molar-refractivity contribution in [3.05, 3.63) is 4.76 Å². The third kappa shape index (κ3) is 2.01. The van der Waals surface area contributed by atoms with E-state index in [9.17, 15) is 0 Å². The summed E-state index contributed by atoms with van der Waals surface area (Å²) in [7, 11) is 5.07. The van der Waals surface area contributed by atoms with Crippen molar-refractivity contribution in [2.45, 2.75) is 38.6 Å². The fraction of sp³-hybridized carbons (Fsp3) is 0.889. The van der Waals surface area contributed by atoms with E-state index in [1.165, 1.54) is 19.3 Å². The highest BCUT2D eigenvalue weighted by Crippen LogP contribution is 2.41. The number of rotatable bonds is 4. The minimum absolute atomic E-state index is 0.277. The molecule has 0 unspecified atom stereocenters. The third-order valence-electron chi connectivity index (χ3n) is 2.61. The molecule has 1 aliphatic rings. The highest BCUT2D eigenvalue weighted by atomic mass is 15.0. The minimum Gasteiger partial charge on any atom is -0.310 e. The predicted octanol–water partition coefficient (Wildman–Crippen LogP) is 1.57. The molecular formula is C9H16BN2+. The zero-order valence-corrected chi connectivity index (χ0v) is 7.93. The summed E-state index contributed by atoms with van der Waals surface area (Å²) in [5.74, 6) is 0.342. The maximum atomic E-state index is 5.07. The number of hydrogen-bond acceptors (Lipinski definition) is 1. The van der Waals surface area contributed by atoms with Gasteiger partial charge in [-0.1, -0.05) is 6.92 Å². The standard InChI is InChI=1S/C9H16BN2/c1-3-6-11-9(4-5-9)8(2)7-12-10/h8,11H,3-6H2,1-2H3/q+1/t8-/m1/s1. The van der Waals surface area contributed by atoms with E-state index >= 15 is 0 Å². The van der Waals surface area contributed by atoms with Gasteiger partial charge in [0.1, 0.15) is 5.92 Å². The first-order valence-electron chi connectivity index (χ1n) is 4.65. The minimum atomic E-state index is 0.277. The van der Waals surface area contributed by atoms with E-state index < -0.39 is 0 Å². The summed E-state index contributed by atoms with van der Waals surface area (Å²) < 4.78 is 3.46. The van der Waals surface area contributed by atoms with Crippen molar-refractivity contribution >= 4 is 7.98 Å². The van der Waals surface area contributed by atoms with Crippen LogP contribution in [0, 0.1) is 12.0 Å². The van der Waals surface area contributed by atoms with Crippen LogP contribution in [0.25, 0.3) is 4.76 Å². The van der Waals surface area contributed by atoms with Crippen molar-refractivity contribution in [2.24, 2.45) is 5.92 Å². The van der Waals surface area contributed by atoms with Gasteiger partial charge in [-0.25, -0.2) is 0 Å². The highest BCUT2D eigenvalue weighted by Gasteiger charge is 2.48. The van der Waals surface area contributed by atoms with E-state index in [1.807, 2.05) is 0 Å². The van der Waals surface area contributed by atoms with Crippen LogP contribution in [0.1, 0.15) is 33.1 Å². The molecule has 0 bridgehead atoms. The molecule has 0 saturated heterocycles. The van der Waals surface area contributed by atoms with E-state index in [1.54, 1.807) is 0 Å². The van der Waals surface area contributed by atoms with Gasteiger partial charge in [-0.05, 0) is 32.7 Å². The van der Waals surface area contributed by atoms with E-state index in [-0.39, 0.29) is 5.54 Å². The normalized spacial score (nSPS) is 20.8. The fourth-order valence-electron chi connectivity index (χ4n) is 1.51. The molecule has 1 atom stereocenters. The van der Waals surface area contributed by atoms with Gasteiger partial charge in [-0.15, -0.1) is 0 Å². The second kappa shape index (κ2) is 3.95. The topological polar surface area (TPSA) is 16.4 Å². The van der Waals surface area contributed by atoms with Crippen LogP contribution < -0.4 is 5.32 Å². The lowest BCUT2D eigenvalue weighted by atomic mass is 10.0. The lowest BCUT2D eigenvalue weighted by Gasteiger charge is -2.17. The molecule has 0 aliphatic heterocycles. The molecule has 1 saturated carbocycles. The molecule has 0 spiro atoms. The van der Waals surface area contributed by atoms with Crippen molar-refractivity contribution in [1.82, 2.24) is 5.32 Å². The molecule has 2 nitrogen and oxygen atoms in total. The zero-order chi connectivity index (χ0) is 9.03. The van der Waals surface area contributed by atoms with Crippen LogP contribution in [-0.4, -0.2) is 20.1 Å². The maximum absolute atomic E-state index is 5.07. The SMILES string of the molecule is [B][N+]#C[C@@H](C)C1(NCCC)CC1. The summed E-state index contributed by atoms with van der Waals surface area (Å²) in [6.07, 6.45) is 3.64. The summed E-state index contributed by atoms with van der Waals surface area (Å²) in [4.78, 5) is 0. The van der Waals surface area contributed by atoms with Crippen molar-refractivity contribution < 1.29 is 0 Å². The lowest BCUT2D eigenvalue weighted by Crippen LogP contribution is -2.37. The van der Waals surface area contributed by atoms with E-state index in [4.69, 9.17) is 7.98 Å². The molecule has 0 aromatic rings. The molecule has 64 valence electrons. The monoisotopic (exact) mass is 163 g/mol. The third-order valence-corrected chi connectivity index (χ3v) is 2.61. The van der Waals surface area contributed by atoms with Crippen LogP contribution in [0.5, 0.6) is 0 Å². The van der Waals surface area contributed by atoms with Gasteiger partial charge in [0.05, 0.1) is 0 Å². The van der Waals surface area contributed by atoms with E-state index in [0.717, 1.165) is 6.54 Å². The van der Waals surface area contributed by atoms with Crippen LogP contribution >= 0.6 is 0 Å². The summed E-state index contributed by atoms with van der Waals surface area (Å²) in [6, 6.07) is 2.90. The van der Waals surface area contributed by atoms with Crippen LogP contribution in [0.3, 0.4) is 0 Å². The average molecular weight is 163 g/mol. The molecule has 3 heteroatoms. The summed E-state index contributed by atoms with van der Waals surface area (Å²) in [5, 5.41) is 3.53. The second-order valence-electron chi connectivity index (χ2n) is 3.56. The first kappa shape index (κ1) is 9.60. The van der Waals surface area contributed by atoms with Gasteiger partial charge in [0.2, 0.25) is 6.07 Å². The Morgan fingerprint density at radius 2 is 2.33 bits per heavy atom. The Hall–Kier alpha value is -0.485. The molecule has 1 N–H and O–H groups in total. The summed E-state index contributed by atoms with van der Waals surface area (Å²) in [5.41, 5.74) is 0.277. The molecule has 1 rings (SSSR count). The molecular weight excluding hydrogens is 147 g/mol. The van der Waals surface area contributed by atoms with Gasteiger partial charge >= 0.3 is 7.98 Å². The van der Waals surface area contributed by atoms with Crippen LogP contribution in [-0.2, 0) is 0 Å². The predicted molar refractivity (Wildman–Crippen MR) is 52.4 cm³/mol. The van der Waals surface area contributed by atoms with Gasteiger partial charge in [0, 0.05) is 5.54 Å². The van der Waals surface area contributed by atoms with Gasteiger partial charge in [0.15, 0.2) is 0 Å². The Bertz CT molecular complexity index is 200. The Labute approximate surface area is 76.0 Å². The fourth-order valence-corrected chi connectivity index (χ4v) is 1.51. The smallest absolute Gasteiger partial charge is 0.310 e. The molecule has 0 amide bonds. The number of nitrogens with one attached hydrogen (secondary N) is 1. The first-order valence-corrected chi connectivity index (χ1v) is 4.65. The molecule has 0 aromatic heterocycles. The second-order valence-corrected chi connectivity index (χ2v) is 3.56. The molecule has 1 aliphatic carbocycles. The largest absolute Gasteiger partial charge is 0.773 e. The van der Waals surface area contributed by atoms with Crippen LogP contribution in [0.15, 0.2) is 0 Å². The quantitative estimate of drug-likeness (QED) is 0.622. The maximum Gasteiger partial charge on any atom is 0.773 e. The molecule has 12 heavy (non-hydrogen) atoms. The van der Waals surface area contributed by atoms with Crippen molar-refractivity contribution in [3.63, 3.8) is 0 Å². The Morgan fingerprint density at radius 3 is 2.75 bits per heavy atom. The molecule has 0 heterocycles. The zero-order valence-electron chi connectivity index (χ0n) is 7.93. The Balaban J connectivity index is 2.40. The Kier molecular flexibility index (Phi) is 3.16. The highest BCUT2D eigenvalue weighted by molar-refractivity contribution is 6.14. The van der Waals surface area contributed by atoms with Gasteiger partial charge in [-0.3, -0.25) is 0 Å². The van der Waals surface area contributed by atoms with Crippen LogP contribution in [0.2, 0.25) is 0 Å². The van der Waals surface area contributed by atoms with Crippen LogP contribution in [0.4, 0.5) is 0 Å². The van der Waals surface area contributed by atoms with Crippen molar-refractivity contribution in [3.8, 4) is 6.07 Å². The lowest BCUT2D eigenvalue weighted by molar-refractivity contribution is 0.420. The first-order chi connectivity index (χ1) is 5.75. The number of nitrogens with zero attached hydrogens (tertiary/aromatic N) is 1. The van der Waals surface area contributed by atoms with E-state index in [0.29, 0.717) is 5.92 Å². The van der Waals surface area contributed by atoms with E-state index in [2.05, 4.69) is 30.0 Å². The molecule has 1 fully saturated rings. The summed E-state index contributed by atoms with van der Waals surface area (Å²) in [6.45, 7) is 5.37. The van der Waals surface area contributed by atoms with Gasteiger partial charge in [0.25, 0.3) is 0 Å². The number of hydrogen-bond donors (Lipinski definition) is 1. The summed E-state index contributed by atoms with van der Waals surface area (Å²) >= 11 is 0. The van der Waals surface area contributed by atoms with Gasteiger partial charge in [-0.2, -0.15) is 4.76 Å². The average Bonchev–Trinajstić information content (AvgIpc) is 2.82. The van der Waals surface area contributed by atoms with Gasteiger partial charge < -0.3 is 5.32 Å².